The molecule has 0 fully saturated rings. The quantitative estimate of drug-likeness (QED) is 0.887. The number of nitrogens with two attached hydrogens (primary N) is 1. The minimum atomic E-state index is -3.48. The van der Waals surface area contributed by atoms with Crippen molar-refractivity contribution in [2.24, 2.45) is 5.73 Å². The second-order valence-electron chi connectivity index (χ2n) is 3.90. The van der Waals surface area contributed by atoms with Gasteiger partial charge in [0, 0.05) is 6.54 Å². The van der Waals surface area contributed by atoms with Crippen molar-refractivity contribution < 1.29 is 8.42 Å². The molecule has 0 bridgehead atoms. The van der Waals surface area contributed by atoms with Gasteiger partial charge in [0.2, 0.25) is 0 Å². The average molecular weight is 248 g/mol. The molecule has 1 rings (SSSR count). The predicted molar refractivity (Wildman–Crippen MR) is 61.8 cm³/mol. The largest absolute Gasteiger partial charge is 0.329 e. The Hall–Kier alpha value is -0.580. The highest BCUT2D eigenvalue weighted by Crippen LogP contribution is 2.29. The Morgan fingerprint density at radius 2 is 1.87 bits per heavy atom. The topological polar surface area (TPSA) is 60.2 Å². The molecule has 84 valence electrons. The highest BCUT2D eigenvalue weighted by atomic mass is 35.5. The maximum absolute atomic E-state index is 12.1. The molecule has 0 spiro atoms. The van der Waals surface area contributed by atoms with Gasteiger partial charge in [-0.25, -0.2) is 8.42 Å². The van der Waals surface area contributed by atoms with Gasteiger partial charge >= 0.3 is 0 Å². The van der Waals surface area contributed by atoms with Crippen LogP contribution in [0.1, 0.15) is 13.8 Å². The average Bonchev–Trinajstić information content (AvgIpc) is 2.18. The van der Waals surface area contributed by atoms with Gasteiger partial charge in [0.1, 0.15) is 0 Å². The molecule has 15 heavy (non-hydrogen) atoms. The van der Waals surface area contributed by atoms with Gasteiger partial charge < -0.3 is 5.73 Å². The van der Waals surface area contributed by atoms with Crippen molar-refractivity contribution in [3.8, 4) is 0 Å². The number of hydrogen-bond donors (Lipinski definition) is 1. The van der Waals surface area contributed by atoms with Crippen LogP contribution >= 0.6 is 11.6 Å². The van der Waals surface area contributed by atoms with E-state index in [1.54, 1.807) is 32.0 Å². The zero-order valence-electron chi connectivity index (χ0n) is 8.70. The third-order valence-corrected chi connectivity index (χ3v) is 5.34. The molecule has 0 aromatic heterocycles. The van der Waals surface area contributed by atoms with Crippen LogP contribution in [-0.4, -0.2) is 19.7 Å². The van der Waals surface area contributed by atoms with E-state index in [4.69, 9.17) is 17.3 Å². The first-order valence-corrected chi connectivity index (χ1v) is 6.38. The molecule has 0 saturated heterocycles. The summed E-state index contributed by atoms with van der Waals surface area (Å²) in [5.41, 5.74) is 5.46. The van der Waals surface area contributed by atoms with E-state index in [0.29, 0.717) is 0 Å². The van der Waals surface area contributed by atoms with Crippen LogP contribution in [0, 0.1) is 0 Å². The Morgan fingerprint density at radius 1 is 1.33 bits per heavy atom. The molecule has 0 radical (unpaired) electrons. The summed E-state index contributed by atoms with van der Waals surface area (Å²) in [6.07, 6.45) is 0. The lowest BCUT2D eigenvalue weighted by Gasteiger charge is -2.23. The SMILES string of the molecule is CC(C)(CN)S(=O)(=O)c1ccccc1Cl. The van der Waals surface area contributed by atoms with Gasteiger partial charge in [0.15, 0.2) is 9.84 Å². The van der Waals surface area contributed by atoms with E-state index in [-0.39, 0.29) is 16.5 Å². The van der Waals surface area contributed by atoms with E-state index >= 15 is 0 Å². The van der Waals surface area contributed by atoms with E-state index in [9.17, 15) is 8.42 Å². The van der Waals surface area contributed by atoms with Crippen molar-refractivity contribution >= 4 is 21.4 Å². The van der Waals surface area contributed by atoms with E-state index in [2.05, 4.69) is 0 Å². The van der Waals surface area contributed by atoms with Crippen LogP contribution in [0.15, 0.2) is 29.2 Å². The number of benzene rings is 1. The fraction of sp³-hybridized carbons (Fsp3) is 0.400. The van der Waals surface area contributed by atoms with E-state index in [0.717, 1.165) is 0 Å². The lowest BCUT2D eigenvalue weighted by atomic mass is 10.2. The maximum atomic E-state index is 12.1. The summed E-state index contributed by atoms with van der Waals surface area (Å²) in [7, 11) is -3.48. The van der Waals surface area contributed by atoms with Crippen molar-refractivity contribution in [1.29, 1.82) is 0 Å². The molecular weight excluding hydrogens is 234 g/mol. The predicted octanol–water partition coefficient (Wildman–Crippen LogP) is 1.85. The minimum Gasteiger partial charge on any atom is -0.329 e. The first kappa shape index (κ1) is 12.5. The molecule has 0 aliphatic rings. The number of hydrogen-bond acceptors (Lipinski definition) is 3. The molecule has 5 heteroatoms. The summed E-state index contributed by atoms with van der Waals surface area (Å²) >= 11 is 5.85. The summed E-state index contributed by atoms with van der Waals surface area (Å²) in [6.45, 7) is 3.23. The highest BCUT2D eigenvalue weighted by Gasteiger charge is 2.35. The number of rotatable bonds is 3. The fourth-order valence-corrected chi connectivity index (χ4v) is 2.91. The van der Waals surface area contributed by atoms with Gasteiger partial charge in [-0.3, -0.25) is 0 Å². The second kappa shape index (κ2) is 4.12. The summed E-state index contributed by atoms with van der Waals surface area (Å²) in [6, 6.07) is 6.39. The first-order chi connectivity index (χ1) is 6.83. The lowest BCUT2D eigenvalue weighted by Crippen LogP contribution is -2.39. The van der Waals surface area contributed by atoms with Crippen molar-refractivity contribution in [2.75, 3.05) is 6.54 Å². The van der Waals surface area contributed by atoms with Crippen molar-refractivity contribution in [3.05, 3.63) is 29.3 Å². The molecule has 1 aromatic carbocycles. The van der Waals surface area contributed by atoms with E-state index in [1.807, 2.05) is 0 Å². The molecule has 2 N–H and O–H groups in total. The molecule has 0 heterocycles. The molecule has 1 aromatic rings. The minimum absolute atomic E-state index is 0.0561. The van der Waals surface area contributed by atoms with E-state index in [1.165, 1.54) is 6.07 Å². The Balaban J connectivity index is 3.37. The molecule has 0 aliphatic carbocycles. The zero-order chi connectivity index (χ0) is 11.7. The third-order valence-electron chi connectivity index (χ3n) is 2.35. The lowest BCUT2D eigenvalue weighted by molar-refractivity contribution is 0.549. The standard InChI is InChI=1S/C10H14ClNO2S/c1-10(2,7-12)15(13,14)9-6-4-3-5-8(9)11/h3-6H,7,12H2,1-2H3. The summed E-state index contributed by atoms with van der Waals surface area (Å²) < 4.78 is 23.3. The van der Waals surface area contributed by atoms with Gasteiger partial charge in [0.25, 0.3) is 0 Å². The Labute approximate surface area is 95.2 Å². The van der Waals surface area contributed by atoms with Crippen molar-refractivity contribution in [1.82, 2.24) is 0 Å². The fourth-order valence-electron chi connectivity index (χ4n) is 1.07. The molecular formula is C10H14ClNO2S. The summed E-state index contributed by atoms with van der Waals surface area (Å²) in [5, 5.41) is 0.235. The number of halogens is 1. The van der Waals surface area contributed by atoms with Crippen LogP contribution in [0.5, 0.6) is 0 Å². The summed E-state index contributed by atoms with van der Waals surface area (Å²) in [4.78, 5) is 0.141. The van der Waals surface area contributed by atoms with Crippen molar-refractivity contribution in [3.63, 3.8) is 0 Å². The van der Waals surface area contributed by atoms with Crippen LogP contribution in [0.2, 0.25) is 5.02 Å². The first-order valence-electron chi connectivity index (χ1n) is 4.52. The van der Waals surface area contributed by atoms with Gasteiger partial charge in [0.05, 0.1) is 14.7 Å². The zero-order valence-corrected chi connectivity index (χ0v) is 10.3. The second-order valence-corrected chi connectivity index (χ2v) is 6.86. The Kier molecular flexibility index (Phi) is 3.43. The highest BCUT2D eigenvalue weighted by molar-refractivity contribution is 7.93. The van der Waals surface area contributed by atoms with E-state index < -0.39 is 14.6 Å². The maximum Gasteiger partial charge on any atom is 0.186 e. The van der Waals surface area contributed by atoms with Gasteiger partial charge in [-0.1, -0.05) is 23.7 Å². The Morgan fingerprint density at radius 3 is 2.33 bits per heavy atom. The van der Waals surface area contributed by atoms with Crippen LogP contribution in [0.3, 0.4) is 0 Å². The molecule has 0 amide bonds. The Bertz CT molecular complexity index is 454. The van der Waals surface area contributed by atoms with Gasteiger partial charge in [-0.15, -0.1) is 0 Å². The molecule has 3 nitrogen and oxygen atoms in total. The molecule has 0 aliphatic heterocycles. The van der Waals surface area contributed by atoms with Gasteiger partial charge in [-0.2, -0.15) is 0 Å². The van der Waals surface area contributed by atoms with Crippen LogP contribution in [0.4, 0.5) is 0 Å². The monoisotopic (exact) mass is 247 g/mol. The molecule has 0 unspecified atom stereocenters. The van der Waals surface area contributed by atoms with Gasteiger partial charge in [-0.05, 0) is 26.0 Å². The molecule has 0 saturated carbocycles. The normalized spacial score (nSPS) is 12.8. The van der Waals surface area contributed by atoms with Crippen LogP contribution in [-0.2, 0) is 9.84 Å². The smallest absolute Gasteiger partial charge is 0.186 e. The van der Waals surface area contributed by atoms with Crippen LogP contribution in [0.25, 0.3) is 0 Å². The van der Waals surface area contributed by atoms with Crippen LogP contribution < -0.4 is 5.73 Å². The molecule has 0 atom stereocenters. The number of sulfone groups is 1. The summed E-state index contributed by atoms with van der Waals surface area (Å²) in [5.74, 6) is 0. The van der Waals surface area contributed by atoms with Crippen molar-refractivity contribution in [2.45, 2.75) is 23.5 Å². The third kappa shape index (κ3) is 2.17.